The van der Waals surface area contributed by atoms with Crippen molar-refractivity contribution in [2.75, 3.05) is 50.1 Å². The first-order valence-corrected chi connectivity index (χ1v) is 9.58. The number of hydrogen-bond donors (Lipinski definition) is 0. The van der Waals surface area contributed by atoms with Crippen LogP contribution in [0.25, 0.3) is 0 Å². The highest BCUT2D eigenvalue weighted by atomic mass is 19.1. The molecule has 0 atom stereocenters. The lowest BCUT2D eigenvalue weighted by molar-refractivity contribution is 0.0767. The summed E-state index contributed by atoms with van der Waals surface area (Å²) in [6, 6.07) is 5.70. The first-order valence-electron chi connectivity index (χ1n) is 9.58. The SMILES string of the molecule is CC(C)c1nc(N(C)C)nc(N2CCCN(C(=O)c3ccc(F)cc3)CC2)n1. The summed E-state index contributed by atoms with van der Waals surface area (Å²) in [5, 5.41) is 0. The summed E-state index contributed by atoms with van der Waals surface area (Å²) in [6.45, 7) is 6.74. The fraction of sp³-hybridized carbons (Fsp3) is 0.500. The van der Waals surface area contributed by atoms with Crippen LogP contribution < -0.4 is 9.80 Å². The molecule has 0 unspecified atom stereocenters. The molecule has 7 nitrogen and oxygen atoms in total. The van der Waals surface area contributed by atoms with Gasteiger partial charge >= 0.3 is 0 Å². The zero-order valence-corrected chi connectivity index (χ0v) is 16.9. The summed E-state index contributed by atoms with van der Waals surface area (Å²) in [4.78, 5) is 32.3. The van der Waals surface area contributed by atoms with E-state index in [1.807, 2.05) is 23.9 Å². The number of benzene rings is 1. The Kier molecular flexibility index (Phi) is 6.06. The summed E-state index contributed by atoms with van der Waals surface area (Å²) in [5.74, 6) is 1.83. The average Bonchev–Trinajstić information content (AvgIpc) is 2.94. The van der Waals surface area contributed by atoms with Crippen molar-refractivity contribution in [3.8, 4) is 0 Å². The van der Waals surface area contributed by atoms with Gasteiger partial charge < -0.3 is 14.7 Å². The molecule has 0 radical (unpaired) electrons. The van der Waals surface area contributed by atoms with E-state index in [1.165, 1.54) is 24.3 Å². The summed E-state index contributed by atoms with van der Waals surface area (Å²) in [7, 11) is 3.82. The third-order valence-electron chi connectivity index (χ3n) is 4.70. The molecule has 2 heterocycles. The monoisotopic (exact) mass is 386 g/mol. The van der Waals surface area contributed by atoms with E-state index in [2.05, 4.69) is 33.7 Å². The summed E-state index contributed by atoms with van der Waals surface area (Å²) < 4.78 is 13.1. The van der Waals surface area contributed by atoms with E-state index in [0.717, 1.165) is 18.8 Å². The standard InChI is InChI=1S/C20H27FN6O/c1-14(2)17-22-19(25(3)4)24-20(23-17)27-11-5-10-26(12-13-27)18(28)15-6-8-16(21)9-7-15/h6-9,14H,5,10-13H2,1-4H3. The number of aromatic nitrogens is 3. The lowest BCUT2D eigenvalue weighted by Crippen LogP contribution is -2.36. The maximum atomic E-state index is 13.1. The molecule has 1 aromatic carbocycles. The maximum Gasteiger partial charge on any atom is 0.253 e. The molecule has 8 heteroatoms. The van der Waals surface area contributed by atoms with Gasteiger partial charge in [-0.15, -0.1) is 0 Å². The van der Waals surface area contributed by atoms with Crippen LogP contribution in [0.3, 0.4) is 0 Å². The van der Waals surface area contributed by atoms with Gasteiger partial charge in [-0.05, 0) is 30.7 Å². The number of carbonyl (C=O) groups excluding carboxylic acids is 1. The number of amides is 1. The van der Waals surface area contributed by atoms with Crippen molar-refractivity contribution in [2.45, 2.75) is 26.2 Å². The summed E-state index contributed by atoms with van der Waals surface area (Å²) in [5.41, 5.74) is 0.506. The largest absolute Gasteiger partial charge is 0.347 e. The molecule has 0 aliphatic carbocycles. The van der Waals surface area contributed by atoms with E-state index in [1.54, 1.807) is 0 Å². The smallest absolute Gasteiger partial charge is 0.253 e. The lowest BCUT2D eigenvalue weighted by atomic mass is 10.2. The molecule has 1 aliphatic rings. The number of carbonyl (C=O) groups is 1. The lowest BCUT2D eigenvalue weighted by Gasteiger charge is -2.23. The van der Waals surface area contributed by atoms with Gasteiger partial charge in [-0.1, -0.05) is 13.8 Å². The van der Waals surface area contributed by atoms with Crippen molar-refractivity contribution in [1.29, 1.82) is 0 Å². The van der Waals surface area contributed by atoms with Crippen molar-refractivity contribution in [3.63, 3.8) is 0 Å². The van der Waals surface area contributed by atoms with Crippen LogP contribution in [0.15, 0.2) is 24.3 Å². The van der Waals surface area contributed by atoms with E-state index >= 15 is 0 Å². The Morgan fingerprint density at radius 1 is 1.04 bits per heavy atom. The number of nitrogens with zero attached hydrogens (tertiary/aromatic N) is 6. The second-order valence-electron chi connectivity index (χ2n) is 7.48. The van der Waals surface area contributed by atoms with Crippen LogP contribution in [-0.2, 0) is 0 Å². The molecule has 0 bridgehead atoms. The molecule has 1 saturated heterocycles. The van der Waals surface area contributed by atoms with Crippen LogP contribution in [-0.4, -0.2) is 66.0 Å². The second-order valence-corrected chi connectivity index (χ2v) is 7.48. The molecule has 0 saturated carbocycles. The average molecular weight is 386 g/mol. The first kappa shape index (κ1) is 20.0. The highest BCUT2D eigenvalue weighted by molar-refractivity contribution is 5.94. The summed E-state index contributed by atoms with van der Waals surface area (Å²) >= 11 is 0. The molecule has 3 rings (SSSR count). The van der Waals surface area contributed by atoms with Gasteiger partial charge in [0, 0.05) is 51.8 Å². The molecular weight excluding hydrogens is 359 g/mol. The fourth-order valence-corrected chi connectivity index (χ4v) is 3.06. The third-order valence-corrected chi connectivity index (χ3v) is 4.70. The van der Waals surface area contributed by atoms with Gasteiger partial charge in [-0.3, -0.25) is 4.79 Å². The van der Waals surface area contributed by atoms with Crippen LogP contribution in [0.5, 0.6) is 0 Å². The Balaban J connectivity index is 1.76. The number of hydrogen-bond acceptors (Lipinski definition) is 6. The van der Waals surface area contributed by atoms with Crippen molar-refractivity contribution in [2.24, 2.45) is 0 Å². The third kappa shape index (κ3) is 4.55. The fourth-order valence-electron chi connectivity index (χ4n) is 3.06. The van der Waals surface area contributed by atoms with Crippen LogP contribution in [0.4, 0.5) is 16.3 Å². The molecule has 1 amide bonds. The van der Waals surface area contributed by atoms with Crippen LogP contribution in [0.1, 0.15) is 42.4 Å². The van der Waals surface area contributed by atoms with Gasteiger partial charge in [0.25, 0.3) is 5.91 Å². The van der Waals surface area contributed by atoms with E-state index < -0.39 is 0 Å². The van der Waals surface area contributed by atoms with Crippen LogP contribution in [0.2, 0.25) is 0 Å². The Hall–Kier alpha value is -2.77. The van der Waals surface area contributed by atoms with E-state index in [4.69, 9.17) is 0 Å². The van der Waals surface area contributed by atoms with Crippen molar-refractivity contribution in [1.82, 2.24) is 19.9 Å². The number of halogens is 1. The van der Waals surface area contributed by atoms with Gasteiger partial charge in [-0.2, -0.15) is 15.0 Å². The molecule has 0 spiro atoms. The van der Waals surface area contributed by atoms with Crippen molar-refractivity contribution >= 4 is 17.8 Å². The molecule has 1 aliphatic heterocycles. The van der Waals surface area contributed by atoms with Crippen LogP contribution >= 0.6 is 0 Å². The van der Waals surface area contributed by atoms with Gasteiger partial charge in [0.1, 0.15) is 11.6 Å². The van der Waals surface area contributed by atoms with Crippen molar-refractivity contribution in [3.05, 3.63) is 41.5 Å². The Morgan fingerprint density at radius 2 is 1.75 bits per heavy atom. The predicted octanol–water partition coefficient (Wildman–Crippen LogP) is 2.55. The van der Waals surface area contributed by atoms with Gasteiger partial charge in [0.2, 0.25) is 11.9 Å². The van der Waals surface area contributed by atoms with Gasteiger partial charge in [0.15, 0.2) is 0 Å². The molecular formula is C20H27FN6O. The molecule has 2 aromatic rings. The van der Waals surface area contributed by atoms with E-state index in [-0.39, 0.29) is 17.6 Å². The number of anilines is 2. The Bertz CT molecular complexity index is 798. The highest BCUT2D eigenvalue weighted by Gasteiger charge is 2.23. The molecule has 1 fully saturated rings. The topological polar surface area (TPSA) is 65.5 Å². The maximum absolute atomic E-state index is 13.1. The van der Waals surface area contributed by atoms with E-state index in [9.17, 15) is 9.18 Å². The molecule has 0 N–H and O–H groups in total. The molecule has 1 aromatic heterocycles. The molecule has 150 valence electrons. The Labute approximate surface area is 165 Å². The predicted molar refractivity (Wildman–Crippen MR) is 107 cm³/mol. The second kappa shape index (κ2) is 8.50. The van der Waals surface area contributed by atoms with Crippen molar-refractivity contribution < 1.29 is 9.18 Å². The first-order chi connectivity index (χ1) is 13.3. The van der Waals surface area contributed by atoms with E-state index in [0.29, 0.717) is 37.1 Å². The Morgan fingerprint density at radius 3 is 2.39 bits per heavy atom. The van der Waals surface area contributed by atoms with Gasteiger partial charge in [-0.25, -0.2) is 4.39 Å². The minimum Gasteiger partial charge on any atom is -0.347 e. The molecule has 28 heavy (non-hydrogen) atoms. The zero-order valence-electron chi connectivity index (χ0n) is 16.9. The van der Waals surface area contributed by atoms with Crippen LogP contribution in [0, 0.1) is 5.82 Å². The quantitative estimate of drug-likeness (QED) is 0.805. The highest BCUT2D eigenvalue weighted by Crippen LogP contribution is 2.19. The minimum atomic E-state index is -0.342. The zero-order chi connectivity index (χ0) is 20.3. The minimum absolute atomic E-state index is 0.0747. The van der Waals surface area contributed by atoms with Gasteiger partial charge in [0.05, 0.1) is 0 Å². The number of rotatable bonds is 4. The normalized spacial score (nSPS) is 14.9. The summed E-state index contributed by atoms with van der Waals surface area (Å²) in [6.07, 6.45) is 0.812.